The van der Waals surface area contributed by atoms with E-state index in [2.05, 4.69) is 15.8 Å². The van der Waals surface area contributed by atoms with E-state index in [-0.39, 0.29) is 10.8 Å². The molecule has 32 heavy (non-hydrogen) atoms. The van der Waals surface area contributed by atoms with Crippen molar-refractivity contribution in [1.82, 2.24) is 9.88 Å². The summed E-state index contributed by atoms with van der Waals surface area (Å²) in [5.41, 5.74) is 1.38. The van der Waals surface area contributed by atoms with E-state index < -0.39 is 10.0 Å². The van der Waals surface area contributed by atoms with Crippen LogP contribution in [-0.2, 0) is 10.0 Å². The zero-order chi connectivity index (χ0) is 22.6. The number of amides is 1. The molecule has 1 aliphatic rings. The van der Waals surface area contributed by atoms with Gasteiger partial charge in [0.15, 0.2) is 0 Å². The number of pyridine rings is 1. The molecule has 8 nitrogen and oxygen atoms in total. The fraction of sp³-hybridized carbons (Fsp3) is 0.174. The summed E-state index contributed by atoms with van der Waals surface area (Å²) in [6, 6.07) is 20.1. The number of nitrogens with one attached hydrogen (secondary N) is 1. The van der Waals surface area contributed by atoms with E-state index in [0.717, 1.165) is 0 Å². The van der Waals surface area contributed by atoms with E-state index in [9.17, 15) is 18.5 Å². The summed E-state index contributed by atoms with van der Waals surface area (Å²) in [6.45, 7) is 2.16. The molecular weight excluding hydrogens is 426 g/mol. The highest BCUT2D eigenvalue weighted by molar-refractivity contribution is 7.92. The number of rotatable bonds is 5. The summed E-state index contributed by atoms with van der Waals surface area (Å²) in [5.74, 6) is 0.515. The van der Waals surface area contributed by atoms with Gasteiger partial charge >= 0.3 is 0 Å². The Balaban J connectivity index is 1.39. The molecule has 1 aromatic heterocycles. The molecule has 0 aliphatic carbocycles. The van der Waals surface area contributed by atoms with Gasteiger partial charge in [0.25, 0.3) is 15.9 Å². The van der Waals surface area contributed by atoms with Gasteiger partial charge in [-0.15, -0.1) is 0 Å². The molecule has 0 saturated carbocycles. The minimum Gasteiger partial charge on any atom is -0.352 e. The monoisotopic (exact) mass is 447 g/mol. The SMILES string of the molecule is N#Cc1cccnc1N1CCN(C(=O)c2ccc(NS(=O)(=O)c3ccccc3)cc2)CC1. The highest BCUT2D eigenvalue weighted by atomic mass is 32.2. The standard InChI is InChI=1S/C23H21N5O3S/c24-17-19-5-4-12-25-22(19)27-13-15-28(16-14-27)23(29)18-8-10-20(11-9-18)26-32(30,31)21-6-2-1-3-7-21/h1-12,26H,13-16H2. The van der Waals surface area contributed by atoms with Crippen LogP contribution in [-0.4, -0.2) is 50.4 Å². The maximum Gasteiger partial charge on any atom is 0.261 e. The predicted octanol–water partition coefficient (Wildman–Crippen LogP) is 2.72. The fourth-order valence-corrected chi connectivity index (χ4v) is 4.61. The van der Waals surface area contributed by atoms with E-state index >= 15 is 0 Å². The number of carbonyl (C=O) groups excluding carboxylic acids is 1. The molecule has 1 aliphatic heterocycles. The topological polar surface area (TPSA) is 106 Å². The lowest BCUT2D eigenvalue weighted by molar-refractivity contribution is 0.0746. The Morgan fingerprint density at radius 2 is 1.62 bits per heavy atom. The van der Waals surface area contributed by atoms with E-state index in [0.29, 0.717) is 48.8 Å². The Morgan fingerprint density at radius 1 is 0.938 bits per heavy atom. The van der Waals surface area contributed by atoms with Crippen molar-refractivity contribution in [2.75, 3.05) is 35.8 Å². The number of hydrogen-bond donors (Lipinski definition) is 1. The molecule has 3 aromatic rings. The van der Waals surface area contributed by atoms with Gasteiger partial charge in [-0.3, -0.25) is 9.52 Å². The molecule has 1 N–H and O–H groups in total. The van der Waals surface area contributed by atoms with Crippen LogP contribution in [0.4, 0.5) is 11.5 Å². The van der Waals surface area contributed by atoms with E-state index in [4.69, 9.17) is 0 Å². The van der Waals surface area contributed by atoms with Gasteiger partial charge in [0.1, 0.15) is 11.9 Å². The molecule has 0 spiro atoms. The Bertz CT molecular complexity index is 1250. The number of nitriles is 1. The predicted molar refractivity (Wildman–Crippen MR) is 121 cm³/mol. The molecule has 0 bridgehead atoms. The van der Waals surface area contributed by atoms with Crippen LogP contribution in [0.15, 0.2) is 77.8 Å². The first kappa shape index (κ1) is 21.3. The first-order valence-corrected chi connectivity index (χ1v) is 11.5. The van der Waals surface area contributed by atoms with Crippen molar-refractivity contribution in [3.63, 3.8) is 0 Å². The van der Waals surface area contributed by atoms with Crippen LogP contribution < -0.4 is 9.62 Å². The fourth-order valence-electron chi connectivity index (χ4n) is 3.53. The highest BCUT2D eigenvalue weighted by Crippen LogP contribution is 2.20. The number of nitrogens with zero attached hydrogens (tertiary/aromatic N) is 4. The summed E-state index contributed by atoms with van der Waals surface area (Å²) >= 11 is 0. The van der Waals surface area contributed by atoms with Crippen molar-refractivity contribution in [3.05, 3.63) is 84.1 Å². The molecule has 1 saturated heterocycles. The lowest BCUT2D eigenvalue weighted by Crippen LogP contribution is -2.49. The van der Waals surface area contributed by atoms with Crippen molar-refractivity contribution < 1.29 is 13.2 Å². The van der Waals surface area contributed by atoms with Crippen molar-refractivity contribution in [2.24, 2.45) is 0 Å². The summed E-state index contributed by atoms with van der Waals surface area (Å²) in [4.78, 5) is 21.1. The smallest absolute Gasteiger partial charge is 0.261 e. The van der Waals surface area contributed by atoms with E-state index in [1.807, 2.05) is 4.90 Å². The van der Waals surface area contributed by atoms with Crippen LogP contribution in [0.1, 0.15) is 15.9 Å². The first-order valence-electron chi connectivity index (χ1n) is 10.1. The normalized spacial score (nSPS) is 14.0. The number of anilines is 2. The maximum absolute atomic E-state index is 12.9. The second-order valence-corrected chi connectivity index (χ2v) is 8.94. The van der Waals surface area contributed by atoms with Gasteiger partial charge in [-0.1, -0.05) is 18.2 Å². The van der Waals surface area contributed by atoms with Crippen LogP contribution >= 0.6 is 0 Å². The molecule has 4 rings (SSSR count). The minimum absolute atomic E-state index is 0.122. The number of carbonyl (C=O) groups is 1. The van der Waals surface area contributed by atoms with E-state index in [1.54, 1.807) is 65.7 Å². The van der Waals surface area contributed by atoms with Crippen LogP contribution in [0.25, 0.3) is 0 Å². The van der Waals surface area contributed by atoms with E-state index in [1.165, 1.54) is 12.1 Å². The molecule has 9 heteroatoms. The number of aromatic nitrogens is 1. The van der Waals surface area contributed by atoms with Gasteiger partial charge in [0.05, 0.1) is 10.5 Å². The molecule has 2 heterocycles. The van der Waals surface area contributed by atoms with Crippen LogP contribution in [0.2, 0.25) is 0 Å². The summed E-state index contributed by atoms with van der Waals surface area (Å²) in [7, 11) is -3.68. The number of hydrogen-bond acceptors (Lipinski definition) is 6. The molecule has 0 unspecified atom stereocenters. The zero-order valence-corrected chi connectivity index (χ0v) is 18.0. The average molecular weight is 448 g/mol. The molecule has 0 atom stereocenters. The third kappa shape index (κ3) is 4.55. The molecule has 0 radical (unpaired) electrons. The Labute approximate surface area is 186 Å². The number of sulfonamides is 1. The largest absolute Gasteiger partial charge is 0.352 e. The maximum atomic E-state index is 12.9. The third-order valence-electron chi connectivity index (χ3n) is 5.21. The second-order valence-electron chi connectivity index (χ2n) is 7.26. The third-order valence-corrected chi connectivity index (χ3v) is 6.61. The lowest BCUT2D eigenvalue weighted by atomic mass is 10.1. The Kier molecular flexibility index (Phi) is 6.05. The molecular formula is C23H21N5O3S. The van der Waals surface area contributed by atoms with Gasteiger partial charge < -0.3 is 9.80 Å². The first-order chi connectivity index (χ1) is 15.5. The van der Waals surface area contributed by atoms with Gasteiger partial charge in [0, 0.05) is 43.6 Å². The minimum atomic E-state index is -3.68. The van der Waals surface area contributed by atoms with Gasteiger partial charge in [-0.2, -0.15) is 5.26 Å². The zero-order valence-electron chi connectivity index (χ0n) is 17.2. The van der Waals surface area contributed by atoms with Gasteiger partial charge in [0.2, 0.25) is 0 Å². The molecule has 1 amide bonds. The quantitative estimate of drug-likeness (QED) is 0.645. The summed E-state index contributed by atoms with van der Waals surface area (Å²) in [6.07, 6.45) is 1.65. The van der Waals surface area contributed by atoms with Gasteiger partial charge in [-0.05, 0) is 48.5 Å². The Morgan fingerprint density at radius 3 is 2.28 bits per heavy atom. The Hall–Kier alpha value is -3.90. The summed E-state index contributed by atoms with van der Waals surface area (Å²) < 4.78 is 27.4. The van der Waals surface area contributed by atoms with Crippen LogP contribution in [0.5, 0.6) is 0 Å². The van der Waals surface area contributed by atoms with Crippen molar-refractivity contribution in [1.29, 1.82) is 5.26 Å². The number of benzene rings is 2. The van der Waals surface area contributed by atoms with Gasteiger partial charge in [-0.25, -0.2) is 13.4 Å². The van der Waals surface area contributed by atoms with Crippen LogP contribution in [0, 0.1) is 11.3 Å². The second kappa shape index (κ2) is 9.08. The molecule has 2 aromatic carbocycles. The lowest BCUT2D eigenvalue weighted by Gasteiger charge is -2.35. The molecule has 1 fully saturated rings. The number of piperazine rings is 1. The van der Waals surface area contributed by atoms with Crippen LogP contribution in [0.3, 0.4) is 0 Å². The van der Waals surface area contributed by atoms with Crippen molar-refractivity contribution in [3.8, 4) is 6.07 Å². The molecule has 162 valence electrons. The summed E-state index contributed by atoms with van der Waals surface area (Å²) in [5, 5.41) is 9.27. The highest BCUT2D eigenvalue weighted by Gasteiger charge is 2.24. The van der Waals surface area contributed by atoms with Crippen molar-refractivity contribution >= 4 is 27.4 Å². The average Bonchev–Trinajstić information content (AvgIpc) is 2.84. The van der Waals surface area contributed by atoms with Crippen molar-refractivity contribution in [2.45, 2.75) is 4.90 Å².